The standard InChI is InChI=1S/C37H44ClN3O7.C35H40ClN3O7.Li.H2O2.H/c1-2-46-35(44)37-22-26(37)11-6-4-3-5-7-16-31(39-36(45)48-28-13-8-9-14-28)34(43)41-23-24-17-18-30(47-29-15-10-12-27(38)21-29)19-25(24)20-32(41)33(42)40-37;36-25-10-8-13-27(19-25)45-28-16-15-22-21-39-30(18-23(22)17-28)31(40)38-35(33(42)43)20-24(35)9-4-2-1-3-5-14-29(32(39)41)37-34(44)46-26-11-6-7-12-26;;1-2;/h6,10-12,15,17-19,21,26,28,31-32H,2-5,7-9,13-14,16,20,22-23H2,1H3,(H,39,45)(H,40,42);4,8-10,13,15-17,19,24,26,29-30H,1-3,5-7,11-12,14,18,20-21H2,(H,37,44)(H,38,40)(H,42,43);;1-2H;/q;;+1;;-1/b11-6-;9-4-;;;/t26-,31+,32?,37-;24-,29+,30?,35-;;;/m11.../s1. The summed E-state index contributed by atoms with van der Waals surface area (Å²) in [5.74, 6) is -1.57. The van der Waals surface area contributed by atoms with Gasteiger partial charge in [-0.05, 0) is 193 Å². The third kappa shape index (κ3) is 18.8. The first-order valence-corrected chi connectivity index (χ1v) is 34.5. The molecule has 4 aromatic carbocycles. The molecule has 0 aromatic heterocycles. The summed E-state index contributed by atoms with van der Waals surface area (Å²) in [5.41, 5.74) is 0.759. The van der Waals surface area contributed by atoms with E-state index in [9.17, 15) is 43.5 Å². The van der Waals surface area contributed by atoms with E-state index >= 15 is 0 Å². The normalized spacial score (nSPS) is 26.4. The number of amides is 6. The van der Waals surface area contributed by atoms with E-state index in [1.165, 1.54) is 4.90 Å². The number of alkyl carbamates (subject to hydrolysis) is 2. The Morgan fingerprint density at radius 3 is 1.40 bits per heavy atom. The number of esters is 1. The Bertz CT molecular complexity index is 3560. The largest absolute Gasteiger partial charge is 1.00 e. The van der Waals surface area contributed by atoms with Crippen molar-refractivity contribution >= 4 is 71.0 Å². The average Bonchev–Trinajstić information content (AvgIpc) is 1.57. The van der Waals surface area contributed by atoms with Crippen molar-refractivity contribution in [1.82, 2.24) is 31.1 Å². The van der Waals surface area contributed by atoms with E-state index in [4.69, 9.17) is 57.4 Å². The van der Waals surface area contributed by atoms with E-state index in [-0.39, 0.29) is 89.2 Å². The second-order valence-electron chi connectivity index (χ2n) is 26.1. The second kappa shape index (κ2) is 34.3. The van der Waals surface area contributed by atoms with Crippen LogP contribution in [0.5, 0.6) is 23.0 Å². The molecule has 4 fully saturated rings. The zero-order chi connectivity index (χ0) is 67.9. The van der Waals surface area contributed by atoms with Crippen LogP contribution in [0.25, 0.3) is 0 Å². The number of rotatable bonds is 11. The molecule has 8 atom stereocenters. The summed E-state index contributed by atoms with van der Waals surface area (Å²) in [5, 5.41) is 34.7. The molecule has 6 amide bonds. The predicted molar refractivity (Wildman–Crippen MR) is 356 cm³/mol. The Balaban J connectivity index is 0.000000239. The number of nitrogens with zero attached hydrogens (tertiary/aromatic N) is 2. The Labute approximate surface area is 588 Å². The zero-order valence-electron chi connectivity index (χ0n) is 56.0. The van der Waals surface area contributed by atoms with Crippen molar-refractivity contribution < 1.29 is 97.9 Å². The summed E-state index contributed by atoms with van der Waals surface area (Å²) in [6.45, 7) is 2.19. The van der Waals surface area contributed by atoms with E-state index in [1.807, 2.05) is 48.6 Å². The molecule has 0 spiro atoms. The van der Waals surface area contributed by atoms with E-state index in [0.29, 0.717) is 58.7 Å². The summed E-state index contributed by atoms with van der Waals surface area (Å²) >= 11 is 12.3. The third-order valence-electron chi connectivity index (χ3n) is 19.4. The maximum absolute atomic E-state index is 14.4. The molecule has 4 aromatic rings. The minimum absolute atomic E-state index is 0. The number of ether oxygens (including phenoxy) is 5. The summed E-state index contributed by atoms with van der Waals surface area (Å²) in [4.78, 5) is 112. The van der Waals surface area contributed by atoms with Crippen LogP contribution in [0.1, 0.15) is 159 Å². The maximum Gasteiger partial charge on any atom is 1.00 e. The van der Waals surface area contributed by atoms with Gasteiger partial charge in [0.05, 0.1) is 6.61 Å². The first-order valence-electron chi connectivity index (χ1n) is 33.7. The van der Waals surface area contributed by atoms with Crippen LogP contribution in [0, 0.1) is 11.8 Å². The monoisotopic (exact) mass is 1370 g/mol. The smallest absolute Gasteiger partial charge is 1.00 e. The maximum atomic E-state index is 14.4. The first kappa shape index (κ1) is 73.7. The van der Waals surface area contributed by atoms with Gasteiger partial charge in [-0.15, -0.1) is 0 Å². The van der Waals surface area contributed by atoms with Gasteiger partial charge in [0.25, 0.3) is 0 Å². The van der Waals surface area contributed by atoms with Gasteiger partial charge < -0.3 is 61.3 Å². The topological polar surface area (TPSA) is 298 Å². The molecule has 7 N–H and O–H groups in total. The molecule has 4 saturated carbocycles. The molecule has 4 heterocycles. The quantitative estimate of drug-likeness (QED) is 0.0184. The molecular formula is C72H87Cl2LiN6O16. The summed E-state index contributed by atoms with van der Waals surface area (Å²) in [6.07, 6.45) is 22.0. The van der Waals surface area contributed by atoms with Gasteiger partial charge in [0.2, 0.25) is 23.6 Å². The van der Waals surface area contributed by atoms with Crippen molar-refractivity contribution in [2.75, 3.05) is 6.61 Å². The molecule has 4 aliphatic heterocycles. The van der Waals surface area contributed by atoms with Gasteiger partial charge in [-0.2, -0.15) is 0 Å². The fourth-order valence-corrected chi connectivity index (χ4v) is 14.3. The minimum atomic E-state index is -1.41. The molecule has 8 aliphatic rings. The van der Waals surface area contributed by atoms with Crippen LogP contribution >= 0.6 is 23.2 Å². The minimum Gasteiger partial charge on any atom is -1.00 e. The van der Waals surface area contributed by atoms with Gasteiger partial charge in [-0.25, -0.2) is 19.2 Å². The molecule has 0 radical (unpaired) electrons. The summed E-state index contributed by atoms with van der Waals surface area (Å²) < 4.78 is 28.8. The Morgan fingerprint density at radius 2 is 0.969 bits per heavy atom. The summed E-state index contributed by atoms with van der Waals surface area (Å²) in [6, 6.07) is 21.5. The van der Waals surface area contributed by atoms with Crippen molar-refractivity contribution in [3.8, 4) is 23.0 Å². The zero-order valence-corrected chi connectivity index (χ0v) is 56.5. The predicted octanol–water partition coefficient (Wildman–Crippen LogP) is 9.42. The molecule has 4 aliphatic carbocycles. The van der Waals surface area contributed by atoms with Crippen LogP contribution in [-0.2, 0) is 68.9 Å². The van der Waals surface area contributed by atoms with Gasteiger partial charge in [0, 0.05) is 47.8 Å². The van der Waals surface area contributed by atoms with E-state index in [0.717, 1.165) is 119 Å². The van der Waals surface area contributed by atoms with Crippen molar-refractivity contribution in [3.63, 3.8) is 0 Å². The van der Waals surface area contributed by atoms with Crippen LogP contribution in [0.3, 0.4) is 0 Å². The third-order valence-corrected chi connectivity index (χ3v) is 19.9. The van der Waals surface area contributed by atoms with Gasteiger partial charge in [0.15, 0.2) is 0 Å². The van der Waals surface area contributed by atoms with E-state index in [2.05, 4.69) is 27.3 Å². The molecule has 12 rings (SSSR count). The molecule has 2 unspecified atom stereocenters. The SMILES string of the molecule is CCOC(=O)[C@@]12C[C@H]1/C=C\CCCCC[C@H](NC(=O)OC1CCCC1)C(=O)N1Cc3ccc(Oc4cccc(Cl)c4)cc3CC1C(=O)N2.O=C(N[C@H]1CCCCC/C=C\[C@@H]2C[C@@]2(C(=O)O)NC(=O)C2Cc3cc(Oc4cccc(Cl)c4)ccc3CN2C1=O)OC1CCCC1.OO.[H-].[Li+]. The molecule has 0 bridgehead atoms. The number of hydrogen-bond donors (Lipinski definition) is 7. The first-order chi connectivity index (χ1) is 46.5. The van der Waals surface area contributed by atoms with Crippen molar-refractivity contribution in [1.29, 1.82) is 0 Å². The number of nitrogens with one attached hydrogen (secondary N) is 4. The van der Waals surface area contributed by atoms with Gasteiger partial charge in [0.1, 0.15) is 70.5 Å². The van der Waals surface area contributed by atoms with Crippen LogP contribution < -0.4 is 49.6 Å². The fourth-order valence-electron chi connectivity index (χ4n) is 14.0. The van der Waals surface area contributed by atoms with Crippen LogP contribution in [0.2, 0.25) is 10.0 Å². The molecule has 516 valence electrons. The average molecular weight is 1370 g/mol. The number of aliphatic carboxylic acids is 1. The number of carboxylic acids is 1. The van der Waals surface area contributed by atoms with Crippen molar-refractivity contribution in [3.05, 3.63) is 142 Å². The Hall–Kier alpha value is -7.58. The number of carbonyl (C=O) groups is 8. The van der Waals surface area contributed by atoms with Crippen LogP contribution in [0.15, 0.2) is 109 Å². The molecule has 25 heteroatoms. The number of halogens is 2. The van der Waals surface area contributed by atoms with Crippen LogP contribution in [0.4, 0.5) is 9.59 Å². The number of hydrogen-bond acceptors (Lipinski definition) is 15. The number of carbonyl (C=O) groups excluding carboxylic acids is 7. The Kier molecular flexibility index (Phi) is 26.0. The molecule has 22 nitrogen and oxygen atoms in total. The number of benzene rings is 4. The van der Waals surface area contributed by atoms with Gasteiger partial charge >= 0.3 is 43.0 Å². The van der Waals surface area contributed by atoms with Gasteiger partial charge in [-0.1, -0.05) is 97.5 Å². The second-order valence-corrected chi connectivity index (χ2v) is 26.9. The Morgan fingerprint density at radius 1 is 0.557 bits per heavy atom. The number of carboxylic acid groups (broad SMARTS) is 1. The van der Waals surface area contributed by atoms with Crippen LogP contribution in [-0.4, -0.2) is 127 Å². The number of fused-ring (bicyclic) bond motifs is 6. The van der Waals surface area contributed by atoms with E-state index in [1.54, 1.807) is 66.4 Å². The van der Waals surface area contributed by atoms with Crippen molar-refractivity contribution in [2.24, 2.45) is 11.8 Å². The summed E-state index contributed by atoms with van der Waals surface area (Å²) in [7, 11) is 0. The van der Waals surface area contributed by atoms with Crippen molar-refractivity contribution in [2.45, 2.75) is 209 Å². The van der Waals surface area contributed by atoms with E-state index < -0.39 is 77.1 Å². The van der Waals surface area contributed by atoms with Gasteiger partial charge in [-0.3, -0.25) is 29.7 Å². The molecule has 0 saturated heterocycles. The molecule has 97 heavy (non-hydrogen) atoms. The number of allylic oxidation sites excluding steroid dienone is 2. The molecular weight excluding hydrogens is 1280 g/mol. The fraction of sp³-hybridized carbons (Fsp3) is 0.500.